The van der Waals surface area contributed by atoms with Crippen molar-refractivity contribution in [3.63, 3.8) is 0 Å². The minimum absolute atomic E-state index is 0.185. The van der Waals surface area contributed by atoms with Crippen LogP contribution in [0.1, 0.15) is 44.9 Å². The lowest BCUT2D eigenvalue weighted by Crippen LogP contribution is -2.51. The number of amides is 2. The highest BCUT2D eigenvalue weighted by atomic mass is 32.2. The van der Waals surface area contributed by atoms with Crippen LogP contribution in [0.5, 0.6) is 0 Å². The second-order valence-electron chi connectivity index (χ2n) is 8.30. The van der Waals surface area contributed by atoms with Gasteiger partial charge in [-0.1, -0.05) is 60.7 Å². The molecule has 7 nitrogen and oxygen atoms in total. The topological polar surface area (TPSA) is 93.7 Å². The summed E-state index contributed by atoms with van der Waals surface area (Å²) in [6.45, 7) is 7.13. The Morgan fingerprint density at radius 2 is 1.55 bits per heavy atom. The molecule has 0 aromatic heterocycles. The molecular formula is C25H32N2O5S. The van der Waals surface area contributed by atoms with E-state index in [-0.39, 0.29) is 6.61 Å². The van der Waals surface area contributed by atoms with Crippen LogP contribution in [0.15, 0.2) is 60.7 Å². The average molecular weight is 473 g/mol. The predicted octanol–water partition coefficient (Wildman–Crippen LogP) is 4.23. The summed E-state index contributed by atoms with van der Waals surface area (Å²) in [4.78, 5) is 38.1. The Labute approximate surface area is 199 Å². The van der Waals surface area contributed by atoms with E-state index >= 15 is 0 Å². The van der Waals surface area contributed by atoms with E-state index in [0.717, 1.165) is 5.56 Å². The first kappa shape index (κ1) is 26.3. The maximum absolute atomic E-state index is 13.2. The number of carbonyl (C=O) groups is 3. The molecule has 2 rings (SSSR count). The van der Waals surface area contributed by atoms with Crippen LogP contribution in [-0.4, -0.2) is 42.0 Å². The van der Waals surface area contributed by atoms with Crippen molar-refractivity contribution in [2.45, 2.75) is 51.1 Å². The Morgan fingerprint density at radius 1 is 0.939 bits per heavy atom. The van der Waals surface area contributed by atoms with Gasteiger partial charge in [0, 0.05) is 11.5 Å². The maximum Gasteiger partial charge on any atom is 0.408 e. The Balaban J connectivity index is 2.14. The minimum Gasteiger partial charge on any atom is -0.464 e. The second kappa shape index (κ2) is 12.9. The molecule has 0 spiro atoms. The van der Waals surface area contributed by atoms with Crippen molar-refractivity contribution in [2.75, 3.05) is 12.4 Å². The molecular weight excluding hydrogens is 440 g/mol. The SMILES string of the molecule is CCOC(=O)[C@H](NC(=O)[C@H](CSCc1ccccc1)NC(=O)OC(C)(C)C)c1ccccc1. The normalized spacial score (nSPS) is 12.8. The highest BCUT2D eigenvalue weighted by Crippen LogP contribution is 2.17. The summed E-state index contributed by atoms with van der Waals surface area (Å²) in [5.74, 6) is -0.0985. The number of hydrogen-bond donors (Lipinski definition) is 2. The van der Waals surface area contributed by atoms with E-state index in [1.807, 2.05) is 36.4 Å². The van der Waals surface area contributed by atoms with Crippen molar-refractivity contribution in [1.29, 1.82) is 0 Å². The van der Waals surface area contributed by atoms with Gasteiger partial charge in [-0.15, -0.1) is 0 Å². The molecule has 2 atom stereocenters. The lowest BCUT2D eigenvalue weighted by atomic mass is 10.1. The Kier molecular flexibility index (Phi) is 10.3. The quantitative estimate of drug-likeness (QED) is 0.503. The zero-order chi connectivity index (χ0) is 24.3. The summed E-state index contributed by atoms with van der Waals surface area (Å²) in [6.07, 6.45) is -0.699. The molecule has 0 aliphatic heterocycles. The summed E-state index contributed by atoms with van der Waals surface area (Å²) in [7, 11) is 0. The summed E-state index contributed by atoms with van der Waals surface area (Å²) in [6, 6.07) is 16.8. The van der Waals surface area contributed by atoms with Gasteiger partial charge in [-0.25, -0.2) is 9.59 Å². The smallest absolute Gasteiger partial charge is 0.408 e. The molecule has 0 saturated carbocycles. The molecule has 0 bridgehead atoms. The van der Waals surface area contributed by atoms with E-state index in [1.165, 1.54) is 11.8 Å². The number of ether oxygens (including phenoxy) is 2. The summed E-state index contributed by atoms with van der Waals surface area (Å²) >= 11 is 1.50. The predicted molar refractivity (Wildman–Crippen MR) is 130 cm³/mol. The first-order valence-corrected chi connectivity index (χ1v) is 12.0. The van der Waals surface area contributed by atoms with Crippen LogP contribution in [-0.2, 0) is 24.8 Å². The van der Waals surface area contributed by atoms with E-state index < -0.39 is 35.7 Å². The number of alkyl carbamates (subject to hydrolysis) is 1. The van der Waals surface area contributed by atoms with Gasteiger partial charge in [-0.3, -0.25) is 4.79 Å². The first-order chi connectivity index (χ1) is 15.7. The zero-order valence-corrected chi connectivity index (χ0v) is 20.3. The van der Waals surface area contributed by atoms with Gasteiger partial charge in [0.05, 0.1) is 6.61 Å². The van der Waals surface area contributed by atoms with Gasteiger partial charge in [-0.05, 0) is 38.8 Å². The third kappa shape index (κ3) is 9.57. The molecule has 2 N–H and O–H groups in total. The number of benzene rings is 2. The van der Waals surface area contributed by atoms with Crippen LogP contribution in [0.4, 0.5) is 4.79 Å². The van der Waals surface area contributed by atoms with Crippen molar-refractivity contribution in [1.82, 2.24) is 10.6 Å². The lowest BCUT2D eigenvalue weighted by molar-refractivity contribution is -0.147. The summed E-state index contributed by atoms with van der Waals surface area (Å²) in [5, 5.41) is 5.38. The Morgan fingerprint density at radius 3 is 2.12 bits per heavy atom. The largest absolute Gasteiger partial charge is 0.464 e. The fourth-order valence-electron chi connectivity index (χ4n) is 2.89. The second-order valence-corrected chi connectivity index (χ2v) is 9.33. The molecule has 33 heavy (non-hydrogen) atoms. The van der Waals surface area contributed by atoms with Gasteiger partial charge < -0.3 is 20.1 Å². The van der Waals surface area contributed by atoms with Crippen LogP contribution in [0.3, 0.4) is 0 Å². The molecule has 0 unspecified atom stereocenters. The molecule has 0 aliphatic rings. The highest BCUT2D eigenvalue weighted by molar-refractivity contribution is 7.98. The van der Waals surface area contributed by atoms with Gasteiger partial charge in [0.15, 0.2) is 6.04 Å². The maximum atomic E-state index is 13.2. The monoisotopic (exact) mass is 472 g/mol. The van der Waals surface area contributed by atoms with E-state index in [2.05, 4.69) is 10.6 Å². The summed E-state index contributed by atoms with van der Waals surface area (Å²) < 4.78 is 10.5. The van der Waals surface area contributed by atoms with Crippen LogP contribution < -0.4 is 10.6 Å². The van der Waals surface area contributed by atoms with Crippen LogP contribution in [0.2, 0.25) is 0 Å². The van der Waals surface area contributed by atoms with Gasteiger partial charge in [0.2, 0.25) is 5.91 Å². The number of carbonyl (C=O) groups excluding carboxylic acids is 3. The van der Waals surface area contributed by atoms with Gasteiger partial charge in [0.1, 0.15) is 11.6 Å². The molecule has 178 valence electrons. The van der Waals surface area contributed by atoms with Crippen LogP contribution in [0.25, 0.3) is 0 Å². The molecule has 2 amide bonds. The van der Waals surface area contributed by atoms with Crippen molar-refractivity contribution in [2.24, 2.45) is 0 Å². The number of nitrogens with one attached hydrogen (secondary N) is 2. The van der Waals surface area contributed by atoms with Crippen molar-refractivity contribution in [3.05, 3.63) is 71.8 Å². The standard InChI is InChI=1S/C25H32N2O5S/c1-5-31-23(29)21(19-14-10-7-11-15-19)27-22(28)20(26-24(30)32-25(2,3)4)17-33-16-18-12-8-6-9-13-18/h6-15,20-21H,5,16-17H2,1-4H3,(H,26,30)(H,27,28)/t20-,21+/m0/s1. The van der Waals surface area contributed by atoms with E-state index in [4.69, 9.17) is 9.47 Å². The highest BCUT2D eigenvalue weighted by Gasteiger charge is 2.30. The Bertz CT molecular complexity index is 900. The third-order valence-electron chi connectivity index (χ3n) is 4.35. The van der Waals surface area contributed by atoms with E-state index in [0.29, 0.717) is 17.1 Å². The third-order valence-corrected chi connectivity index (χ3v) is 5.45. The summed E-state index contributed by atoms with van der Waals surface area (Å²) in [5.41, 5.74) is 0.990. The molecule has 0 fully saturated rings. The number of thioether (sulfide) groups is 1. The molecule has 0 heterocycles. The lowest BCUT2D eigenvalue weighted by Gasteiger charge is -2.25. The molecule has 0 radical (unpaired) electrons. The molecule has 2 aromatic rings. The Hall–Kier alpha value is -3.00. The van der Waals surface area contributed by atoms with Crippen molar-refractivity contribution >= 4 is 29.7 Å². The van der Waals surface area contributed by atoms with Crippen molar-refractivity contribution in [3.8, 4) is 0 Å². The minimum atomic E-state index is -0.985. The fourth-order valence-corrected chi connectivity index (χ4v) is 3.91. The van der Waals surface area contributed by atoms with Crippen LogP contribution >= 0.6 is 11.8 Å². The molecule has 2 aromatic carbocycles. The average Bonchev–Trinajstić information content (AvgIpc) is 2.77. The van der Waals surface area contributed by atoms with E-state index in [1.54, 1.807) is 52.0 Å². The van der Waals surface area contributed by atoms with Gasteiger partial charge >= 0.3 is 12.1 Å². The van der Waals surface area contributed by atoms with Gasteiger partial charge in [-0.2, -0.15) is 11.8 Å². The molecule has 8 heteroatoms. The number of hydrogen-bond acceptors (Lipinski definition) is 6. The van der Waals surface area contributed by atoms with Gasteiger partial charge in [0.25, 0.3) is 0 Å². The fraction of sp³-hybridized carbons (Fsp3) is 0.400. The number of esters is 1. The molecule has 0 saturated heterocycles. The van der Waals surface area contributed by atoms with E-state index in [9.17, 15) is 14.4 Å². The zero-order valence-electron chi connectivity index (χ0n) is 19.5. The number of rotatable bonds is 10. The van der Waals surface area contributed by atoms with Crippen molar-refractivity contribution < 1.29 is 23.9 Å². The van der Waals surface area contributed by atoms with Crippen LogP contribution in [0, 0.1) is 0 Å². The first-order valence-electron chi connectivity index (χ1n) is 10.8. The molecule has 0 aliphatic carbocycles.